The van der Waals surface area contributed by atoms with E-state index in [1.807, 2.05) is 0 Å². The molecule has 1 fully saturated rings. The van der Waals surface area contributed by atoms with Crippen LogP contribution in [0.2, 0.25) is 0 Å². The summed E-state index contributed by atoms with van der Waals surface area (Å²) in [6, 6.07) is 2.60. The van der Waals surface area contributed by atoms with Gasteiger partial charge in [-0.15, -0.1) is 24.8 Å². The second-order valence-corrected chi connectivity index (χ2v) is 4.29. The van der Waals surface area contributed by atoms with Crippen molar-refractivity contribution in [3.63, 3.8) is 0 Å². The van der Waals surface area contributed by atoms with Gasteiger partial charge in [-0.25, -0.2) is 9.37 Å². The Labute approximate surface area is 127 Å². The summed E-state index contributed by atoms with van der Waals surface area (Å²) in [7, 11) is 0. The molecule has 0 saturated carbocycles. The molecule has 0 unspecified atom stereocenters. The molecule has 1 saturated heterocycles. The first-order valence-electron chi connectivity index (χ1n) is 5.88. The second kappa shape index (κ2) is 6.88. The molecule has 110 valence electrons. The number of carbonyl (C=O) groups is 1. The van der Waals surface area contributed by atoms with Crippen LogP contribution >= 0.6 is 24.8 Å². The number of hydrogen-bond acceptors (Lipinski definition) is 3. The third kappa shape index (κ3) is 3.03. The lowest BCUT2D eigenvalue weighted by Crippen LogP contribution is -2.46. The number of H-pyrrole nitrogens is 1. The summed E-state index contributed by atoms with van der Waals surface area (Å²) >= 11 is 0. The van der Waals surface area contributed by atoms with Crippen molar-refractivity contribution in [1.82, 2.24) is 20.2 Å². The Morgan fingerprint density at radius 1 is 1.25 bits per heavy atom. The number of nitrogens with one attached hydrogen (secondary N) is 2. The van der Waals surface area contributed by atoms with Gasteiger partial charge in [0.05, 0.1) is 17.4 Å². The topological polar surface area (TPSA) is 61.0 Å². The Balaban J connectivity index is 0.000001000. The number of imidazole rings is 1. The maximum Gasteiger partial charge on any atom is 0.256 e. The minimum absolute atomic E-state index is 0. The van der Waals surface area contributed by atoms with Crippen LogP contribution in [0.25, 0.3) is 11.0 Å². The number of amides is 1. The monoisotopic (exact) mass is 320 g/mol. The minimum Gasteiger partial charge on any atom is -0.344 e. The van der Waals surface area contributed by atoms with Gasteiger partial charge in [0.15, 0.2) is 0 Å². The van der Waals surface area contributed by atoms with Gasteiger partial charge in [0.25, 0.3) is 5.91 Å². The summed E-state index contributed by atoms with van der Waals surface area (Å²) in [5, 5.41) is 3.17. The first-order chi connectivity index (χ1) is 8.75. The number of aromatic nitrogens is 2. The highest BCUT2D eigenvalue weighted by Gasteiger charge is 2.21. The fourth-order valence-corrected chi connectivity index (χ4v) is 2.22. The SMILES string of the molecule is Cl.Cl.O=C(c1cc(F)cc2[nH]cnc12)N1CCNCC1. The van der Waals surface area contributed by atoms with Crippen molar-refractivity contribution in [1.29, 1.82) is 0 Å². The fourth-order valence-electron chi connectivity index (χ4n) is 2.22. The molecule has 0 radical (unpaired) electrons. The van der Waals surface area contributed by atoms with Crippen LogP contribution in [0.1, 0.15) is 10.4 Å². The quantitative estimate of drug-likeness (QED) is 0.839. The highest BCUT2D eigenvalue weighted by Crippen LogP contribution is 2.19. The van der Waals surface area contributed by atoms with E-state index in [9.17, 15) is 9.18 Å². The maximum atomic E-state index is 13.5. The van der Waals surface area contributed by atoms with Crippen molar-refractivity contribution in [2.75, 3.05) is 26.2 Å². The van der Waals surface area contributed by atoms with Crippen LogP contribution in [-0.4, -0.2) is 47.0 Å². The lowest BCUT2D eigenvalue weighted by molar-refractivity contribution is 0.0737. The smallest absolute Gasteiger partial charge is 0.256 e. The molecular formula is C12H15Cl2FN4O. The molecule has 0 aliphatic carbocycles. The lowest BCUT2D eigenvalue weighted by Gasteiger charge is -2.27. The van der Waals surface area contributed by atoms with Crippen molar-refractivity contribution in [3.8, 4) is 0 Å². The van der Waals surface area contributed by atoms with Crippen LogP contribution in [0.15, 0.2) is 18.5 Å². The average Bonchev–Trinajstić information content (AvgIpc) is 2.86. The van der Waals surface area contributed by atoms with Gasteiger partial charge in [-0.1, -0.05) is 0 Å². The van der Waals surface area contributed by atoms with E-state index in [0.29, 0.717) is 29.7 Å². The molecule has 1 aliphatic heterocycles. The van der Waals surface area contributed by atoms with E-state index < -0.39 is 5.82 Å². The largest absolute Gasteiger partial charge is 0.344 e. The summed E-state index contributed by atoms with van der Waals surface area (Å²) in [6.45, 7) is 2.82. The predicted molar refractivity (Wildman–Crippen MR) is 79.3 cm³/mol. The molecule has 1 aliphatic rings. The molecule has 2 heterocycles. The number of aromatic amines is 1. The number of benzene rings is 1. The molecule has 1 aromatic carbocycles. The van der Waals surface area contributed by atoms with Gasteiger partial charge in [-0.05, 0) is 12.1 Å². The van der Waals surface area contributed by atoms with E-state index >= 15 is 0 Å². The molecular weight excluding hydrogens is 306 g/mol. The summed E-state index contributed by atoms with van der Waals surface area (Å²) in [6.07, 6.45) is 1.47. The Morgan fingerprint density at radius 2 is 1.95 bits per heavy atom. The van der Waals surface area contributed by atoms with E-state index in [4.69, 9.17) is 0 Å². The molecule has 20 heavy (non-hydrogen) atoms. The van der Waals surface area contributed by atoms with Crippen LogP contribution in [-0.2, 0) is 0 Å². The maximum absolute atomic E-state index is 13.5. The minimum atomic E-state index is -0.426. The molecule has 3 rings (SSSR count). The van der Waals surface area contributed by atoms with Crippen molar-refractivity contribution < 1.29 is 9.18 Å². The number of hydrogen-bond donors (Lipinski definition) is 2. The third-order valence-electron chi connectivity index (χ3n) is 3.12. The first-order valence-corrected chi connectivity index (χ1v) is 5.88. The third-order valence-corrected chi connectivity index (χ3v) is 3.12. The van der Waals surface area contributed by atoms with Crippen molar-refractivity contribution in [3.05, 3.63) is 29.8 Å². The van der Waals surface area contributed by atoms with Crippen LogP contribution < -0.4 is 5.32 Å². The van der Waals surface area contributed by atoms with Gasteiger partial charge < -0.3 is 15.2 Å². The zero-order chi connectivity index (χ0) is 12.5. The first kappa shape index (κ1) is 16.7. The molecule has 2 aromatic rings. The van der Waals surface area contributed by atoms with Crippen LogP contribution in [0, 0.1) is 5.82 Å². The highest BCUT2D eigenvalue weighted by molar-refractivity contribution is 6.04. The Kier molecular flexibility index (Phi) is 5.74. The molecule has 1 aromatic heterocycles. The lowest BCUT2D eigenvalue weighted by atomic mass is 10.1. The summed E-state index contributed by atoms with van der Waals surface area (Å²) in [5.41, 5.74) is 1.40. The van der Waals surface area contributed by atoms with E-state index in [1.165, 1.54) is 18.5 Å². The van der Waals surface area contributed by atoms with E-state index in [2.05, 4.69) is 15.3 Å². The number of halogens is 3. The second-order valence-electron chi connectivity index (χ2n) is 4.29. The number of fused-ring (bicyclic) bond motifs is 1. The van der Waals surface area contributed by atoms with Gasteiger partial charge in [-0.2, -0.15) is 0 Å². The van der Waals surface area contributed by atoms with E-state index in [0.717, 1.165) is 13.1 Å². The standard InChI is InChI=1S/C12H13FN4O.2ClH/c13-8-5-9(11-10(6-8)15-7-16-11)12(18)17-3-1-14-2-4-17;;/h5-7,14H,1-4H2,(H,15,16);2*1H. The van der Waals surface area contributed by atoms with Crippen LogP contribution in [0.3, 0.4) is 0 Å². The van der Waals surface area contributed by atoms with Gasteiger partial charge in [0, 0.05) is 26.2 Å². The molecule has 0 spiro atoms. The van der Waals surface area contributed by atoms with Gasteiger partial charge >= 0.3 is 0 Å². The Bertz CT molecular complexity index is 598. The van der Waals surface area contributed by atoms with E-state index in [1.54, 1.807) is 4.90 Å². The molecule has 5 nitrogen and oxygen atoms in total. The van der Waals surface area contributed by atoms with E-state index in [-0.39, 0.29) is 30.7 Å². The molecule has 1 amide bonds. The predicted octanol–water partition coefficient (Wildman–Crippen LogP) is 1.59. The zero-order valence-corrected chi connectivity index (χ0v) is 12.2. The number of nitrogens with zero attached hydrogens (tertiary/aromatic N) is 2. The highest BCUT2D eigenvalue weighted by atomic mass is 35.5. The molecule has 0 bridgehead atoms. The van der Waals surface area contributed by atoms with Gasteiger partial charge in [-0.3, -0.25) is 4.79 Å². The van der Waals surface area contributed by atoms with Crippen molar-refractivity contribution in [2.45, 2.75) is 0 Å². The number of carbonyl (C=O) groups excluding carboxylic acids is 1. The average molecular weight is 321 g/mol. The molecule has 0 atom stereocenters. The van der Waals surface area contributed by atoms with Crippen LogP contribution in [0.4, 0.5) is 4.39 Å². The Hall–Kier alpha value is -1.37. The van der Waals surface area contributed by atoms with Crippen molar-refractivity contribution >= 4 is 41.8 Å². The normalized spacial score (nSPS) is 14.6. The fraction of sp³-hybridized carbons (Fsp3) is 0.333. The zero-order valence-electron chi connectivity index (χ0n) is 10.6. The number of rotatable bonds is 1. The van der Waals surface area contributed by atoms with Crippen LogP contribution in [0.5, 0.6) is 0 Å². The summed E-state index contributed by atoms with van der Waals surface area (Å²) in [4.78, 5) is 21.0. The summed E-state index contributed by atoms with van der Waals surface area (Å²) < 4.78 is 13.5. The molecule has 8 heteroatoms. The molecule has 2 N–H and O–H groups in total. The summed E-state index contributed by atoms with van der Waals surface area (Å²) in [5.74, 6) is -0.585. The van der Waals surface area contributed by atoms with Gasteiger partial charge in [0.2, 0.25) is 0 Å². The Morgan fingerprint density at radius 3 is 2.65 bits per heavy atom. The number of piperazine rings is 1. The van der Waals surface area contributed by atoms with Gasteiger partial charge in [0.1, 0.15) is 11.3 Å². The van der Waals surface area contributed by atoms with Crippen molar-refractivity contribution in [2.24, 2.45) is 0 Å².